The summed E-state index contributed by atoms with van der Waals surface area (Å²) in [5, 5.41) is 6.20. The predicted molar refractivity (Wildman–Crippen MR) is 105 cm³/mol. The number of fused-ring (bicyclic) bond motifs is 1. The molecule has 0 aliphatic rings. The van der Waals surface area contributed by atoms with E-state index in [9.17, 15) is 9.59 Å². The molecule has 3 aromatic rings. The van der Waals surface area contributed by atoms with Gasteiger partial charge in [0.15, 0.2) is 6.29 Å². The lowest BCUT2D eigenvalue weighted by molar-refractivity contribution is 0.0526. The number of methoxy groups -OCH3 is 1. The number of nitrogens with two attached hydrogens (primary N) is 1. The van der Waals surface area contributed by atoms with Crippen molar-refractivity contribution in [3.63, 3.8) is 0 Å². The van der Waals surface area contributed by atoms with Crippen LogP contribution in [0.2, 0.25) is 0 Å². The summed E-state index contributed by atoms with van der Waals surface area (Å²) in [6.45, 7) is 2.40. The van der Waals surface area contributed by atoms with E-state index in [4.69, 9.17) is 14.6 Å². The zero-order valence-electron chi connectivity index (χ0n) is 15.1. The quantitative estimate of drug-likeness (QED) is 0.380. The summed E-state index contributed by atoms with van der Waals surface area (Å²) < 4.78 is 12.3. The predicted octanol–water partition coefficient (Wildman–Crippen LogP) is 3.65. The number of hydrogen-bond acceptors (Lipinski definition) is 6. The van der Waals surface area contributed by atoms with Gasteiger partial charge in [-0.3, -0.25) is 9.93 Å². The SMILES string of the molecule is CCOC(=O)c1c(C=O)n(Cc2ccc(SN)cc2)c2ccc(OC)cc12. The Morgan fingerprint density at radius 3 is 2.56 bits per heavy atom. The highest BCUT2D eigenvalue weighted by Crippen LogP contribution is 2.30. The van der Waals surface area contributed by atoms with Crippen LogP contribution < -0.4 is 9.88 Å². The number of aromatic nitrogens is 1. The number of rotatable bonds is 7. The highest BCUT2D eigenvalue weighted by Gasteiger charge is 2.24. The van der Waals surface area contributed by atoms with Crippen LogP contribution in [0.3, 0.4) is 0 Å². The second-order valence-electron chi connectivity index (χ2n) is 5.83. The summed E-state index contributed by atoms with van der Waals surface area (Å²) in [5.41, 5.74) is 2.29. The second kappa shape index (κ2) is 8.28. The number of aldehydes is 1. The highest BCUT2D eigenvalue weighted by molar-refractivity contribution is 7.97. The van der Waals surface area contributed by atoms with Gasteiger partial charge in [-0.1, -0.05) is 12.1 Å². The van der Waals surface area contributed by atoms with Crippen molar-refractivity contribution in [2.75, 3.05) is 13.7 Å². The van der Waals surface area contributed by atoms with Gasteiger partial charge >= 0.3 is 5.97 Å². The first-order valence-electron chi connectivity index (χ1n) is 8.41. The Morgan fingerprint density at radius 1 is 1.22 bits per heavy atom. The van der Waals surface area contributed by atoms with Crippen molar-refractivity contribution >= 4 is 35.1 Å². The summed E-state index contributed by atoms with van der Waals surface area (Å²) in [4.78, 5) is 25.4. The van der Waals surface area contributed by atoms with Gasteiger partial charge in [-0.05, 0) is 54.8 Å². The third-order valence-corrected chi connectivity index (χ3v) is 4.85. The van der Waals surface area contributed by atoms with E-state index in [-0.39, 0.29) is 17.9 Å². The Hall–Kier alpha value is -2.77. The van der Waals surface area contributed by atoms with E-state index in [1.807, 2.05) is 34.9 Å². The van der Waals surface area contributed by atoms with Gasteiger partial charge in [0, 0.05) is 16.8 Å². The first-order valence-corrected chi connectivity index (χ1v) is 9.29. The number of carbonyl (C=O) groups is 2. The normalized spacial score (nSPS) is 10.8. The van der Waals surface area contributed by atoms with Crippen LogP contribution in [-0.4, -0.2) is 30.5 Å². The second-order valence-corrected chi connectivity index (χ2v) is 6.54. The standard InChI is InChI=1S/C20H20N2O4S/c1-3-26-20(24)19-16-10-14(25-2)6-9-17(16)22(18(19)12-23)11-13-4-7-15(27-21)8-5-13/h4-10,12H,3,11,21H2,1-2H3. The average Bonchev–Trinajstić information content (AvgIpc) is 3.01. The molecule has 140 valence electrons. The van der Waals surface area contributed by atoms with Crippen molar-refractivity contribution in [1.29, 1.82) is 0 Å². The summed E-state index contributed by atoms with van der Waals surface area (Å²) >= 11 is 1.17. The van der Waals surface area contributed by atoms with Gasteiger partial charge in [-0.2, -0.15) is 0 Å². The molecule has 6 nitrogen and oxygen atoms in total. The van der Waals surface area contributed by atoms with Gasteiger partial charge in [0.2, 0.25) is 0 Å². The Morgan fingerprint density at radius 2 is 1.96 bits per heavy atom. The van der Waals surface area contributed by atoms with Gasteiger partial charge in [-0.15, -0.1) is 0 Å². The lowest BCUT2D eigenvalue weighted by Gasteiger charge is -2.09. The molecule has 2 aromatic carbocycles. The van der Waals surface area contributed by atoms with E-state index >= 15 is 0 Å². The number of nitrogens with zero attached hydrogens (tertiary/aromatic N) is 1. The third-order valence-electron chi connectivity index (χ3n) is 4.30. The Balaban J connectivity index is 2.17. The van der Waals surface area contributed by atoms with Gasteiger partial charge in [0.1, 0.15) is 5.75 Å². The van der Waals surface area contributed by atoms with Crippen molar-refractivity contribution in [3.05, 3.63) is 59.3 Å². The van der Waals surface area contributed by atoms with Crippen molar-refractivity contribution in [1.82, 2.24) is 4.57 Å². The molecule has 1 aromatic heterocycles. The van der Waals surface area contributed by atoms with Crippen LogP contribution in [0, 0.1) is 0 Å². The number of ether oxygens (including phenoxy) is 2. The average molecular weight is 384 g/mol. The van der Waals surface area contributed by atoms with Crippen molar-refractivity contribution < 1.29 is 19.1 Å². The minimum absolute atomic E-state index is 0.228. The van der Waals surface area contributed by atoms with Crippen LogP contribution >= 0.6 is 11.9 Å². The van der Waals surface area contributed by atoms with Gasteiger partial charge in [0.25, 0.3) is 0 Å². The summed E-state index contributed by atoms with van der Waals surface area (Å²) in [5.74, 6) is 0.0819. The molecule has 0 aliphatic carbocycles. The molecule has 0 atom stereocenters. The number of carbonyl (C=O) groups excluding carboxylic acids is 2. The largest absolute Gasteiger partial charge is 0.497 e. The molecule has 0 fully saturated rings. The van der Waals surface area contributed by atoms with Gasteiger partial charge < -0.3 is 14.0 Å². The maximum atomic E-state index is 12.5. The van der Waals surface area contributed by atoms with E-state index in [0.29, 0.717) is 24.0 Å². The lowest BCUT2D eigenvalue weighted by Crippen LogP contribution is -2.10. The van der Waals surface area contributed by atoms with Crippen LogP contribution in [0.25, 0.3) is 10.9 Å². The molecule has 0 spiro atoms. The molecule has 1 heterocycles. The van der Waals surface area contributed by atoms with Crippen LogP contribution in [-0.2, 0) is 11.3 Å². The molecule has 0 aliphatic heterocycles. The fraction of sp³-hybridized carbons (Fsp3) is 0.200. The van der Waals surface area contributed by atoms with Crippen molar-refractivity contribution in [2.45, 2.75) is 18.4 Å². The van der Waals surface area contributed by atoms with E-state index in [2.05, 4.69) is 0 Å². The maximum absolute atomic E-state index is 12.5. The van der Waals surface area contributed by atoms with E-state index in [1.54, 1.807) is 26.2 Å². The highest BCUT2D eigenvalue weighted by atomic mass is 32.2. The minimum atomic E-state index is -0.522. The molecule has 0 saturated heterocycles. The Kier molecular flexibility index (Phi) is 5.83. The van der Waals surface area contributed by atoms with E-state index in [0.717, 1.165) is 16.0 Å². The number of benzene rings is 2. The van der Waals surface area contributed by atoms with Crippen molar-refractivity contribution in [2.24, 2.45) is 5.14 Å². The molecule has 0 unspecified atom stereocenters. The summed E-state index contributed by atoms with van der Waals surface area (Å²) in [6.07, 6.45) is 0.697. The zero-order chi connectivity index (χ0) is 19.4. The smallest absolute Gasteiger partial charge is 0.341 e. The Bertz CT molecular complexity index is 980. The first-order chi connectivity index (χ1) is 13.1. The monoisotopic (exact) mass is 384 g/mol. The van der Waals surface area contributed by atoms with Gasteiger partial charge in [0.05, 0.1) is 30.5 Å². The minimum Gasteiger partial charge on any atom is -0.497 e. The van der Waals surface area contributed by atoms with Crippen molar-refractivity contribution in [3.8, 4) is 5.75 Å². The molecular weight excluding hydrogens is 364 g/mol. The molecule has 3 rings (SSSR count). The third kappa shape index (κ3) is 3.70. The van der Waals surface area contributed by atoms with Crippen LogP contribution in [0.1, 0.15) is 33.3 Å². The fourth-order valence-electron chi connectivity index (χ4n) is 3.05. The molecule has 2 N–H and O–H groups in total. The molecule has 0 bridgehead atoms. The maximum Gasteiger partial charge on any atom is 0.341 e. The molecule has 7 heteroatoms. The fourth-order valence-corrected chi connectivity index (χ4v) is 3.34. The lowest BCUT2D eigenvalue weighted by atomic mass is 10.1. The van der Waals surface area contributed by atoms with Crippen LogP contribution in [0.4, 0.5) is 0 Å². The van der Waals surface area contributed by atoms with Crippen LogP contribution in [0.5, 0.6) is 5.75 Å². The molecule has 0 amide bonds. The zero-order valence-corrected chi connectivity index (χ0v) is 15.9. The first kappa shape index (κ1) is 19.0. The summed E-state index contributed by atoms with van der Waals surface area (Å²) in [6, 6.07) is 13.1. The molecule has 0 saturated carbocycles. The number of esters is 1. The van der Waals surface area contributed by atoms with Gasteiger partial charge in [-0.25, -0.2) is 4.79 Å². The van der Waals surface area contributed by atoms with E-state index < -0.39 is 5.97 Å². The molecule has 27 heavy (non-hydrogen) atoms. The van der Waals surface area contributed by atoms with Crippen LogP contribution in [0.15, 0.2) is 47.4 Å². The molecular formula is C20H20N2O4S. The number of hydrogen-bond donors (Lipinski definition) is 1. The topological polar surface area (TPSA) is 83.6 Å². The van der Waals surface area contributed by atoms with E-state index in [1.165, 1.54) is 11.9 Å². The molecule has 0 radical (unpaired) electrons. The summed E-state index contributed by atoms with van der Waals surface area (Å²) in [7, 11) is 1.56. The Labute approximate surface area is 161 Å².